The van der Waals surface area contributed by atoms with E-state index in [9.17, 15) is 10.2 Å². The SMILES string of the molecule is CC1(C)CC(c2cc(O)[nH]c2O)CC(C)(C)N1. The zero-order chi connectivity index (χ0) is 12.8. The van der Waals surface area contributed by atoms with Crippen LogP contribution in [0.3, 0.4) is 0 Å². The maximum Gasteiger partial charge on any atom is 0.194 e. The van der Waals surface area contributed by atoms with Crippen molar-refractivity contribution in [2.45, 2.75) is 57.5 Å². The Morgan fingerprint density at radius 3 is 2.06 bits per heavy atom. The van der Waals surface area contributed by atoms with Gasteiger partial charge in [0.2, 0.25) is 0 Å². The molecule has 96 valence electrons. The second kappa shape index (κ2) is 3.67. The monoisotopic (exact) mass is 238 g/mol. The highest BCUT2D eigenvalue weighted by atomic mass is 16.3. The Balaban J connectivity index is 2.30. The van der Waals surface area contributed by atoms with Gasteiger partial charge in [-0.25, -0.2) is 0 Å². The minimum atomic E-state index is 0.0335. The molecule has 0 aliphatic carbocycles. The molecule has 0 bridgehead atoms. The predicted molar refractivity (Wildman–Crippen MR) is 67.4 cm³/mol. The van der Waals surface area contributed by atoms with Crippen LogP contribution in [0, 0.1) is 0 Å². The van der Waals surface area contributed by atoms with Crippen molar-refractivity contribution in [2.75, 3.05) is 0 Å². The average Bonchev–Trinajstić information content (AvgIpc) is 2.39. The van der Waals surface area contributed by atoms with E-state index in [1.54, 1.807) is 6.07 Å². The molecule has 0 spiro atoms. The smallest absolute Gasteiger partial charge is 0.194 e. The van der Waals surface area contributed by atoms with E-state index in [4.69, 9.17) is 0 Å². The van der Waals surface area contributed by atoms with E-state index >= 15 is 0 Å². The third-order valence-electron chi connectivity index (χ3n) is 3.44. The van der Waals surface area contributed by atoms with Gasteiger partial charge in [0.15, 0.2) is 11.8 Å². The molecule has 0 unspecified atom stereocenters. The molecule has 4 nitrogen and oxygen atoms in total. The van der Waals surface area contributed by atoms with Crippen molar-refractivity contribution < 1.29 is 10.2 Å². The first-order valence-electron chi connectivity index (χ1n) is 6.09. The predicted octanol–water partition coefficient (Wildman–Crippen LogP) is 2.45. The second-order valence-corrected chi connectivity index (χ2v) is 6.46. The highest BCUT2D eigenvalue weighted by Gasteiger charge is 2.39. The second-order valence-electron chi connectivity index (χ2n) is 6.46. The van der Waals surface area contributed by atoms with Crippen molar-refractivity contribution in [3.8, 4) is 11.8 Å². The number of aromatic nitrogens is 1. The van der Waals surface area contributed by atoms with Crippen LogP contribution in [0.1, 0.15) is 52.0 Å². The Labute approximate surface area is 102 Å². The van der Waals surface area contributed by atoms with Crippen molar-refractivity contribution in [3.05, 3.63) is 11.6 Å². The number of nitrogens with one attached hydrogen (secondary N) is 2. The molecule has 4 heteroatoms. The first-order chi connectivity index (χ1) is 7.69. The maximum atomic E-state index is 9.79. The molecule has 1 aromatic rings. The van der Waals surface area contributed by atoms with Crippen LogP contribution in [0.25, 0.3) is 0 Å². The highest BCUT2D eigenvalue weighted by Crippen LogP contribution is 2.42. The Hall–Kier alpha value is -1.16. The Morgan fingerprint density at radius 2 is 1.65 bits per heavy atom. The summed E-state index contributed by atoms with van der Waals surface area (Å²) in [5.74, 6) is 0.394. The molecule has 1 aromatic heterocycles. The topological polar surface area (TPSA) is 68.3 Å². The van der Waals surface area contributed by atoms with E-state index in [0.717, 1.165) is 18.4 Å². The lowest BCUT2D eigenvalue weighted by Gasteiger charge is -2.46. The van der Waals surface area contributed by atoms with Gasteiger partial charge in [0.25, 0.3) is 0 Å². The van der Waals surface area contributed by atoms with Gasteiger partial charge in [0.05, 0.1) is 0 Å². The normalized spacial score (nSPS) is 23.8. The lowest BCUT2D eigenvalue weighted by atomic mass is 9.73. The van der Waals surface area contributed by atoms with Crippen molar-refractivity contribution in [1.82, 2.24) is 10.3 Å². The molecule has 2 rings (SSSR count). The molecule has 0 atom stereocenters. The van der Waals surface area contributed by atoms with E-state index < -0.39 is 0 Å². The van der Waals surface area contributed by atoms with Crippen LogP contribution in [0.4, 0.5) is 0 Å². The summed E-state index contributed by atoms with van der Waals surface area (Å²) in [6, 6.07) is 1.64. The van der Waals surface area contributed by atoms with Gasteiger partial charge in [-0.2, -0.15) is 0 Å². The molecule has 0 saturated carbocycles. The summed E-state index contributed by atoms with van der Waals surface area (Å²) in [4.78, 5) is 2.55. The molecule has 1 saturated heterocycles. The summed E-state index contributed by atoms with van der Waals surface area (Å²) < 4.78 is 0. The molecule has 1 fully saturated rings. The van der Waals surface area contributed by atoms with Gasteiger partial charge in [-0.05, 0) is 46.5 Å². The Bertz CT molecular complexity index is 405. The van der Waals surface area contributed by atoms with Crippen LogP contribution in [0.15, 0.2) is 6.07 Å². The number of hydrogen-bond donors (Lipinski definition) is 4. The largest absolute Gasteiger partial charge is 0.495 e. The quantitative estimate of drug-likeness (QED) is 0.607. The fourth-order valence-electron chi connectivity index (χ4n) is 3.30. The third kappa shape index (κ3) is 2.57. The summed E-state index contributed by atoms with van der Waals surface area (Å²) in [7, 11) is 0. The van der Waals surface area contributed by atoms with Gasteiger partial charge >= 0.3 is 0 Å². The number of H-pyrrole nitrogens is 1. The van der Waals surface area contributed by atoms with Crippen molar-refractivity contribution >= 4 is 0 Å². The van der Waals surface area contributed by atoms with Gasteiger partial charge in [0, 0.05) is 22.7 Å². The van der Waals surface area contributed by atoms with Crippen molar-refractivity contribution in [2.24, 2.45) is 0 Å². The minimum absolute atomic E-state index is 0.0335. The lowest BCUT2D eigenvalue weighted by Crippen LogP contribution is -2.57. The van der Waals surface area contributed by atoms with Crippen LogP contribution in [0.2, 0.25) is 0 Å². The van der Waals surface area contributed by atoms with Crippen LogP contribution in [-0.4, -0.2) is 26.3 Å². The van der Waals surface area contributed by atoms with E-state index in [1.165, 1.54) is 0 Å². The zero-order valence-electron chi connectivity index (χ0n) is 11.0. The zero-order valence-corrected chi connectivity index (χ0v) is 11.0. The van der Waals surface area contributed by atoms with E-state index in [0.29, 0.717) is 0 Å². The first-order valence-corrected chi connectivity index (χ1v) is 6.09. The number of piperidine rings is 1. The number of rotatable bonds is 1. The molecule has 17 heavy (non-hydrogen) atoms. The average molecular weight is 238 g/mol. The molecule has 2 heterocycles. The molecule has 0 aromatic carbocycles. The van der Waals surface area contributed by atoms with Crippen LogP contribution in [-0.2, 0) is 0 Å². The standard InChI is InChI=1S/C13H22N2O2/c1-12(2)6-8(7-13(3,4)15-12)9-5-10(16)14-11(9)17/h5,8,14-17H,6-7H2,1-4H3. The molecule has 0 radical (unpaired) electrons. The number of hydrogen-bond acceptors (Lipinski definition) is 3. The summed E-state index contributed by atoms with van der Waals surface area (Å²) >= 11 is 0. The van der Waals surface area contributed by atoms with Gasteiger partial charge in [-0.1, -0.05) is 0 Å². The van der Waals surface area contributed by atoms with Crippen LogP contribution < -0.4 is 5.32 Å². The fourth-order valence-corrected chi connectivity index (χ4v) is 3.30. The number of aromatic amines is 1. The lowest BCUT2D eigenvalue weighted by molar-refractivity contribution is 0.160. The number of aromatic hydroxyl groups is 2. The first kappa shape index (κ1) is 12.3. The van der Waals surface area contributed by atoms with Gasteiger partial charge < -0.3 is 15.5 Å². The molecule has 1 aliphatic rings. The van der Waals surface area contributed by atoms with E-state index in [1.807, 2.05) is 0 Å². The maximum absolute atomic E-state index is 9.79. The molecular formula is C13H22N2O2. The molecular weight excluding hydrogens is 216 g/mol. The van der Waals surface area contributed by atoms with Gasteiger partial charge in [-0.15, -0.1) is 0 Å². The van der Waals surface area contributed by atoms with Crippen molar-refractivity contribution in [3.63, 3.8) is 0 Å². The summed E-state index contributed by atoms with van der Waals surface area (Å²) in [6.45, 7) is 8.68. The van der Waals surface area contributed by atoms with E-state index in [-0.39, 0.29) is 28.8 Å². The summed E-state index contributed by atoms with van der Waals surface area (Å²) in [6.07, 6.45) is 1.89. The minimum Gasteiger partial charge on any atom is -0.495 e. The summed E-state index contributed by atoms with van der Waals surface area (Å²) in [5, 5.41) is 22.8. The molecule has 1 aliphatic heterocycles. The Kier molecular flexibility index (Phi) is 2.65. The molecule has 0 amide bonds. The Morgan fingerprint density at radius 1 is 1.12 bits per heavy atom. The fraction of sp³-hybridized carbons (Fsp3) is 0.692. The van der Waals surface area contributed by atoms with E-state index in [2.05, 4.69) is 38.0 Å². The van der Waals surface area contributed by atoms with Crippen LogP contribution >= 0.6 is 0 Å². The molecule has 4 N–H and O–H groups in total. The van der Waals surface area contributed by atoms with Crippen LogP contribution in [0.5, 0.6) is 11.8 Å². The van der Waals surface area contributed by atoms with Gasteiger partial charge in [-0.3, -0.25) is 4.98 Å². The van der Waals surface area contributed by atoms with Gasteiger partial charge in [0.1, 0.15) is 0 Å². The highest BCUT2D eigenvalue weighted by molar-refractivity contribution is 5.37. The summed E-state index contributed by atoms with van der Waals surface area (Å²) in [5.41, 5.74) is 0.891. The van der Waals surface area contributed by atoms with Crippen molar-refractivity contribution in [1.29, 1.82) is 0 Å². The third-order valence-corrected chi connectivity index (χ3v) is 3.44.